The quantitative estimate of drug-likeness (QED) is 0.857. The summed E-state index contributed by atoms with van der Waals surface area (Å²) < 4.78 is 5.63. The molecule has 102 valence electrons. The lowest BCUT2D eigenvalue weighted by Gasteiger charge is -2.31. The van der Waals surface area contributed by atoms with Gasteiger partial charge in [0.2, 0.25) is 5.91 Å². The maximum atomic E-state index is 11.7. The van der Waals surface area contributed by atoms with Crippen LogP contribution in [0.4, 0.5) is 11.4 Å². The number of hydrogen-bond acceptors (Lipinski definition) is 4. The van der Waals surface area contributed by atoms with Gasteiger partial charge in [0, 0.05) is 0 Å². The zero-order valence-corrected chi connectivity index (χ0v) is 10.8. The molecule has 2 rings (SSSR count). The monoisotopic (exact) mass is 264 g/mol. The van der Waals surface area contributed by atoms with Gasteiger partial charge in [-0.05, 0) is 26.0 Å². The largest absolute Gasteiger partial charge is 0.489 e. The van der Waals surface area contributed by atoms with Crippen molar-refractivity contribution in [3.05, 3.63) is 18.2 Å². The summed E-state index contributed by atoms with van der Waals surface area (Å²) in [4.78, 5) is 24.0. The molecule has 19 heavy (non-hydrogen) atoms. The topological polar surface area (TPSA) is 78.9 Å². The molecule has 0 saturated carbocycles. The molecule has 0 spiro atoms. The van der Waals surface area contributed by atoms with Gasteiger partial charge in [-0.15, -0.1) is 0 Å². The van der Waals surface area contributed by atoms with Crippen molar-refractivity contribution in [2.75, 3.05) is 23.3 Å². The molecule has 0 fully saturated rings. The maximum absolute atomic E-state index is 11.7. The van der Waals surface area contributed by atoms with Gasteiger partial charge < -0.3 is 20.1 Å². The standard InChI is InChI=1S/C13H16N2O4/c1-8(2)19-10-5-3-4-9-13(10)14-11(16)6-15(9)7-12(17)18/h3-5,8H,6-7H2,1-2H3,(H,14,16)(H,17,18). The van der Waals surface area contributed by atoms with Crippen molar-refractivity contribution in [3.63, 3.8) is 0 Å². The van der Waals surface area contributed by atoms with Crippen LogP contribution in [0.2, 0.25) is 0 Å². The molecule has 0 bridgehead atoms. The van der Waals surface area contributed by atoms with E-state index in [0.29, 0.717) is 17.1 Å². The van der Waals surface area contributed by atoms with E-state index in [0.717, 1.165) is 0 Å². The van der Waals surface area contributed by atoms with E-state index in [1.165, 1.54) is 4.90 Å². The molecular weight excluding hydrogens is 248 g/mol. The number of hydrogen-bond donors (Lipinski definition) is 2. The number of nitrogens with one attached hydrogen (secondary N) is 1. The van der Waals surface area contributed by atoms with Gasteiger partial charge in [0.25, 0.3) is 0 Å². The molecule has 1 heterocycles. The number of aliphatic carboxylic acids is 1. The van der Waals surface area contributed by atoms with Gasteiger partial charge in [0.05, 0.1) is 18.3 Å². The second-order valence-electron chi connectivity index (χ2n) is 4.61. The molecular formula is C13H16N2O4. The van der Waals surface area contributed by atoms with Crippen LogP contribution in [0.5, 0.6) is 5.75 Å². The van der Waals surface area contributed by atoms with Crippen LogP contribution >= 0.6 is 0 Å². The van der Waals surface area contributed by atoms with Crippen LogP contribution in [-0.2, 0) is 9.59 Å². The number of benzene rings is 1. The minimum Gasteiger partial charge on any atom is -0.489 e. The minimum absolute atomic E-state index is 0.0294. The first-order valence-electron chi connectivity index (χ1n) is 6.03. The number of amides is 1. The molecule has 0 aromatic heterocycles. The Kier molecular flexibility index (Phi) is 3.59. The van der Waals surface area contributed by atoms with Gasteiger partial charge in [-0.3, -0.25) is 9.59 Å². The average molecular weight is 264 g/mol. The Hall–Kier alpha value is -2.24. The highest BCUT2D eigenvalue weighted by atomic mass is 16.5. The van der Waals surface area contributed by atoms with E-state index in [9.17, 15) is 9.59 Å². The highest BCUT2D eigenvalue weighted by molar-refractivity contribution is 6.03. The molecule has 0 radical (unpaired) electrons. The van der Waals surface area contributed by atoms with Gasteiger partial charge in [0.15, 0.2) is 0 Å². The molecule has 0 aliphatic carbocycles. The van der Waals surface area contributed by atoms with E-state index < -0.39 is 5.97 Å². The van der Waals surface area contributed by atoms with Crippen molar-refractivity contribution >= 4 is 23.3 Å². The number of carbonyl (C=O) groups excluding carboxylic acids is 1. The lowest BCUT2D eigenvalue weighted by Crippen LogP contribution is -2.41. The molecule has 6 nitrogen and oxygen atoms in total. The first kappa shape index (κ1) is 13.2. The second-order valence-corrected chi connectivity index (χ2v) is 4.61. The smallest absolute Gasteiger partial charge is 0.323 e. The molecule has 0 unspecified atom stereocenters. The maximum Gasteiger partial charge on any atom is 0.323 e. The number of para-hydroxylation sites is 1. The van der Waals surface area contributed by atoms with Crippen molar-refractivity contribution in [3.8, 4) is 5.75 Å². The summed E-state index contributed by atoms with van der Waals surface area (Å²) in [5.41, 5.74) is 1.20. The van der Waals surface area contributed by atoms with Crippen LogP contribution in [0, 0.1) is 0 Å². The van der Waals surface area contributed by atoms with Gasteiger partial charge >= 0.3 is 5.97 Å². The summed E-state index contributed by atoms with van der Waals surface area (Å²) in [6.07, 6.45) is -0.0294. The summed E-state index contributed by atoms with van der Waals surface area (Å²) in [6, 6.07) is 5.30. The number of rotatable bonds is 4. The van der Waals surface area contributed by atoms with Crippen LogP contribution in [0.3, 0.4) is 0 Å². The number of carbonyl (C=O) groups is 2. The number of carboxylic acid groups (broad SMARTS) is 1. The fraction of sp³-hybridized carbons (Fsp3) is 0.385. The normalized spacial score (nSPS) is 14.1. The first-order valence-corrected chi connectivity index (χ1v) is 6.03. The molecule has 0 atom stereocenters. The lowest BCUT2D eigenvalue weighted by molar-refractivity contribution is -0.135. The summed E-state index contributed by atoms with van der Waals surface area (Å²) in [6.45, 7) is 3.59. The number of anilines is 2. The number of ether oxygens (including phenoxy) is 1. The summed E-state index contributed by atoms with van der Waals surface area (Å²) in [5.74, 6) is -0.666. The summed E-state index contributed by atoms with van der Waals surface area (Å²) in [7, 11) is 0. The van der Waals surface area contributed by atoms with Crippen molar-refractivity contribution < 1.29 is 19.4 Å². The third-order valence-corrected chi connectivity index (χ3v) is 2.63. The summed E-state index contributed by atoms with van der Waals surface area (Å²) >= 11 is 0. The predicted octanol–water partition coefficient (Wildman–Crippen LogP) is 1.32. The van der Waals surface area contributed by atoms with Gasteiger partial charge in [-0.2, -0.15) is 0 Å². The number of fused-ring (bicyclic) bond motifs is 1. The van der Waals surface area contributed by atoms with Gasteiger partial charge in [-0.25, -0.2) is 0 Å². The molecule has 1 aromatic rings. The van der Waals surface area contributed by atoms with Crippen molar-refractivity contribution in [2.45, 2.75) is 20.0 Å². The van der Waals surface area contributed by atoms with Crippen LogP contribution in [0.15, 0.2) is 18.2 Å². The average Bonchev–Trinajstić information content (AvgIpc) is 2.28. The van der Waals surface area contributed by atoms with E-state index in [1.54, 1.807) is 18.2 Å². The van der Waals surface area contributed by atoms with E-state index in [-0.39, 0.29) is 25.1 Å². The second kappa shape index (κ2) is 5.17. The van der Waals surface area contributed by atoms with E-state index in [1.807, 2.05) is 13.8 Å². The van der Waals surface area contributed by atoms with Crippen molar-refractivity contribution in [1.82, 2.24) is 0 Å². The third kappa shape index (κ3) is 2.96. The Morgan fingerprint density at radius 2 is 2.26 bits per heavy atom. The first-order chi connectivity index (χ1) is 8.97. The molecule has 6 heteroatoms. The van der Waals surface area contributed by atoms with Gasteiger partial charge in [-0.1, -0.05) is 6.07 Å². The summed E-state index contributed by atoms with van der Waals surface area (Å²) in [5, 5.41) is 11.6. The van der Waals surface area contributed by atoms with E-state index in [2.05, 4.69) is 5.32 Å². The Morgan fingerprint density at radius 1 is 1.53 bits per heavy atom. The van der Waals surface area contributed by atoms with Crippen LogP contribution in [0.1, 0.15) is 13.8 Å². The number of carboxylic acids is 1. The molecule has 1 aromatic carbocycles. The van der Waals surface area contributed by atoms with E-state index in [4.69, 9.17) is 9.84 Å². The van der Waals surface area contributed by atoms with E-state index >= 15 is 0 Å². The highest BCUT2D eigenvalue weighted by Gasteiger charge is 2.26. The molecule has 1 aliphatic heterocycles. The lowest BCUT2D eigenvalue weighted by atomic mass is 10.1. The number of nitrogens with zero attached hydrogens (tertiary/aromatic N) is 1. The van der Waals surface area contributed by atoms with Crippen LogP contribution in [0.25, 0.3) is 0 Å². The molecule has 0 saturated heterocycles. The Bertz CT molecular complexity index is 513. The molecule has 1 amide bonds. The van der Waals surface area contributed by atoms with Crippen molar-refractivity contribution in [2.24, 2.45) is 0 Å². The molecule has 2 N–H and O–H groups in total. The Balaban J connectivity index is 2.39. The third-order valence-electron chi connectivity index (χ3n) is 2.63. The zero-order chi connectivity index (χ0) is 14.0. The fourth-order valence-corrected chi connectivity index (χ4v) is 2.00. The van der Waals surface area contributed by atoms with Crippen molar-refractivity contribution in [1.29, 1.82) is 0 Å². The molecule has 1 aliphatic rings. The van der Waals surface area contributed by atoms with Gasteiger partial charge in [0.1, 0.15) is 18.0 Å². The predicted molar refractivity (Wildman–Crippen MR) is 70.7 cm³/mol. The van der Waals surface area contributed by atoms with Crippen LogP contribution in [-0.4, -0.2) is 36.2 Å². The zero-order valence-electron chi connectivity index (χ0n) is 10.8. The SMILES string of the molecule is CC(C)Oc1cccc2c1NC(=O)CN2CC(=O)O. The Labute approximate surface area is 111 Å². The van der Waals surface area contributed by atoms with Crippen LogP contribution < -0.4 is 15.0 Å². The Morgan fingerprint density at radius 3 is 2.89 bits per heavy atom. The fourth-order valence-electron chi connectivity index (χ4n) is 2.00. The highest BCUT2D eigenvalue weighted by Crippen LogP contribution is 2.37. The minimum atomic E-state index is -0.976.